The second-order valence-corrected chi connectivity index (χ2v) is 3.91. The molecule has 0 aromatic rings. The Morgan fingerprint density at radius 1 is 1.27 bits per heavy atom. The van der Waals surface area contributed by atoms with Crippen LogP contribution in [0.1, 0.15) is 35.5 Å². The Labute approximate surface area is 122 Å². The van der Waals surface area contributed by atoms with Crippen LogP contribution in [0.25, 0.3) is 0 Å². The summed E-state index contributed by atoms with van der Waals surface area (Å²) in [4.78, 5) is 21.8. The molecule has 4 nitrogen and oxygen atoms in total. The minimum Gasteiger partial charge on any atom is -1.00 e. The number of rotatable bonds is 3. The van der Waals surface area contributed by atoms with Crippen LogP contribution >= 0.6 is 0 Å². The van der Waals surface area contributed by atoms with Gasteiger partial charge in [-0.25, -0.2) is 0 Å². The maximum Gasteiger partial charge on any atom is 2.00 e. The number of carboxylic acids is 2. The van der Waals surface area contributed by atoms with Gasteiger partial charge in [-0.15, -0.1) is 0 Å². The summed E-state index contributed by atoms with van der Waals surface area (Å²) in [5.74, 6) is -3.26. The molecule has 0 heterocycles. The Morgan fingerprint density at radius 3 is 2.27 bits per heavy atom. The number of carboxylic acid groups (broad SMARTS) is 2. The molecule has 0 radical (unpaired) electrons. The summed E-state index contributed by atoms with van der Waals surface area (Å²) >= 11 is 0. The topological polar surface area (TPSA) is 74.6 Å². The minimum absolute atomic E-state index is 0. The summed E-state index contributed by atoms with van der Waals surface area (Å²) in [5, 5.41) is 17.9. The molecule has 15 heavy (non-hydrogen) atoms. The molecular formula is C10H18CaO4. The third-order valence-corrected chi connectivity index (χ3v) is 3.16. The van der Waals surface area contributed by atoms with Crippen molar-refractivity contribution in [1.82, 2.24) is 0 Å². The maximum absolute atomic E-state index is 11.0. The second kappa shape index (κ2) is 6.71. The van der Waals surface area contributed by atoms with Gasteiger partial charge in [0.15, 0.2) is 0 Å². The zero-order chi connectivity index (χ0) is 10.7. The van der Waals surface area contributed by atoms with Crippen molar-refractivity contribution in [1.29, 1.82) is 0 Å². The molecule has 3 atom stereocenters. The molecule has 0 amide bonds. The van der Waals surface area contributed by atoms with Crippen LogP contribution in [-0.4, -0.2) is 59.9 Å². The van der Waals surface area contributed by atoms with Crippen molar-refractivity contribution in [3.8, 4) is 0 Å². The van der Waals surface area contributed by atoms with Gasteiger partial charge in [0.1, 0.15) is 0 Å². The van der Waals surface area contributed by atoms with E-state index in [1.54, 1.807) is 0 Å². The van der Waals surface area contributed by atoms with Crippen molar-refractivity contribution in [2.24, 2.45) is 17.8 Å². The van der Waals surface area contributed by atoms with Crippen molar-refractivity contribution in [2.75, 3.05) is 0 Å². The molecule has 1 aliphatic rings. The first-order chi connectivity index (χ1) is 6.57. The van der Waals surface area contributed by atoms with Gasteiger partial charge in [-0.2, -0.15) is 0 Å². The summed E-state index contributed by atoms with van der Waals surface area (Å²) in [6.07, 6.45) is 2.93. The minimum atomic E-state index is -0.962. The molecule has 2 N–H and O–H groups in total. The van der Waals surface area contributed by atoms with Crippen LogP contribution in [0.2, 0.25) is 0 Å². The van der Waals surface area contributed by atoms with E-state index in [9.17, 15) is 9.59 Å². The number of hydrogen-bond acceptors (Lipinski definition) is 2. The summed E-state index contributed by atoms with van der Waals surface area (Å²) in [6, 6.07) is 0. The van der Waals surface area contributed by atoms with Crippen LogP contribution in [0.15, 0.2) is 0 Å². The third-order valence-electron chi connectivity index (χ3n) is 3.16. The third kappa shape index (κ3) is 3.61. The standard InChI is InChI=1S/C10H16O4.Ca.2H/c1-2-6-4-3-5-7(9(11)12)8(6)10(13)14;;;/h6-8H,2-5H2,1H3,(H,11,12)(H,13,14);;;/q;+2;2*-1. The molecule has 1 rings (SSSR count). The monoisotopic (exact) mass is 242 g/mol. The van der Waals surface area contributed by atoms with E-state index in [4.69, 9.17) is 10.2 Å². The quantitative estimate of drug-likeness (QED) is 0.734. The summed E-state index contributed by atoms with van der Waals surface area (Å²) < 4.78 is 0. The Balaban J connectivity index is -0.000000653. The predicted molar refractivity (Wildman–Crippen MR) is 57.9 cm³/mol. The van der Waals surface area contributed by atoms with Gasteiger partial charge in [0.05, 0.1) is 11.8 Å². The fourth-order valence-corrected chi connectivity index (χ4v) is 2.40. The van der Waals surface area contributed by atoms with E-state index in [2.05, 4.69) is 0 Å². The van der Waals surface area contributed by atoms with Gasteiger partial charge in [-0.05, 0) is 18.8 Å². The normalized spacial score (nSPS) is 30.3. The van der Waals surface area contributed by atoms with Crippen LogP contribution < -0.4 is 0 Å². The van der Waals surface area contributed by atoms with E-state index in [1.807, 2.05) is 6.92 Å². The van der Waals surface area contributed by atoms with Crippen molar-refractivity contribution >= 4 is 49.7 Å². The number of aliphatic carboxylic acids is 2. The molecule has 0 aliphatic heterocycles. The average molecular weight is 242 g/mol. The SMILES string of the molecule is CCC1CCCC(C(=O)O)C1C(=O)O.[Ca+2].[H-].[H-]. The number of carbonyl (C=O) groups is 2. The molecule has 0 aromatic carbocycles. The van der Waals surface area contributed by atoms with E-state index < -0.39 is 23.8 Å². The van der Waals surface area contributed by atoms with Gasteiger partial charge < -0.3 is 13.1 Å². The molecule has 3 unspecified atom stereocenters. The zero-order valence-electron chi connectivity index (χ0n) is 11.0. The molecular weight excluding hydrogens is 224 g/mol. The van der Waals surface area contributed by atoms with Crippen molar-refractivity contribution in [2.45, 2.75) is 32.6 Å². The van der Waals surface area contributed by atoms with Gasteiger partial charge >= 0.3 is 49.7 Å². The summed E-state index contributed by atoms with van der Waals surface area (Å²) in [6.45, 7) is 1.92. The molecule has 0 spiro atoms. The molecule has 1 aliphatic carbocycles. The smallest absolute Gasteiger partial charge is 1.00 e. The summed E-state index contributed by atoms with van der Waals surface area (Å²) in [5.41, 5.74) is 0. The molecule has 0 aromatic heterocycles. The van der Waals surface area contributed by atoms with E-state index in [0.29, 0.717) is 6.42 Å². The second-order valence-electron chi connectivity index (χ2n) is 3.91. The van der Waals surface area contributed by atoms with Crippen LogP contribution in [-0.2, 0) is 9.59 Å². The van der Waals surface area contributed by atoms with E-state index in [1.165, 1.54) is 0 Å². The van der Waals surface area contributed by atoms with Crippen LogP contribution in [0.4, 0.5) is 0 Å². The average Bonchev–Trinajstić information content (AvgIpc) is 2.16. The van der Waals surface area contributed by atoms with Gasteiger partial charge in [-0.1, -0.05) is 19.8 Å². The van der Waals surface area contributed by atoms with Gasteiger partial charge in [0.2, 0.25) is 0 Å². The van der Waals surface area contributed by atoms with Crippen LogP contribution in [0.5, 0.6) is 0 Å². The van der Waals surface area contributed by atoms with Gasteiger partial charge in [-0.3, -0.25) is 9.59 Å². The molecule has 84 valence electrons. The largest absolute Gasteiger partial charge is 2.00 e. The molecule has 0 saturated heterocycles. The Morgan fingerprint density at radius 2 is 1.87 bits per heavy atom. The molecule has 0 bridgehead atoms. The fraction of sp³-hybridized carbons (Fsp3) is 0.800. The Kier molecular flexibility index (Phi) is 6.80. The van der Waals surface area contributed by atoms with Crippen LogP contribution in [0.3, 0.4) is 0 Å². The zero-order valence-corrected chi connectivity index (χ0v) is 11.2. The first-order valence-corrected chi connectivity index (χ1v) is 5.03. The van der Waals surface area contributed by atoms with Crippen molar-refractivity contribution in [3.63, 3.8) is 0 Å². The molecule has 5 heteroatoms. The maximum atomic E-state index is 11.0. The number of hydrogen-bond donors (Lipinski definition) is 2. The van der Waals surface area contributed by atoms with Gasteiger partial charge in [0.25, 0.3) is 0 Å². The first-order valence-electron chi connectivity index (χ1n) is 5.03. The predicted octanol–water partition coefficient (Wildman–Crippen LogP) is 1.44. The molecule has 1 fully saturated rings. The first kappa shape index (κ1) is 15.2. The van der Waals surface area contributed by atoms with E-state index in [-0.39, 0.29) is 46.5 Å². The van der Waals surface area contributed by atoms with Gasteiger partial charge in [0, 0.05) is 0 Å². The van der Waals surface area contributed by atoms with Crippen LogP contribution in [0, 0.1) is 17.8 Å². The Hall–Kier alpha value is 0.200. The van der Waals surface area contributed by atoms with Crippen molar-refractivity contribution in [3.05, 3.63) is 0 Å². The summed E-state index contributed by atoms with van der Waals surface area (Å²) in [7, 11) is 0. The van der Waals surface area contributed by atoms with E-state index >= 15 is 0 Å². The van der Waals surface area contributed by atoms with Crippen molar-refractivity contribution < 1.29 is 22.7 Å². The van der Waals surface area contributed by atoms with E-state index in [0.717, 1.165) is 19.3 Å². The Bertz CT molecular complexity index is 250. The fourth-order valence-electron chi connectivity index (χ4n) is 2.40. The molecule has 1 saturated carbocycles.